The summed E-state index contributed by atoms with van der Waals surface area (Å²) in [5.41, 5.74) is 10.0. The lowest BCUT2D eigenvalue weighted by atomic mass is 9.91. The molecule has 2 nitrogen and oxygen atoms in total. The Bertz CT molecular complexity index is 626. The third kappa shape index (κ3) is 2.92. The second-order valence-electron chi connectivity index (χ2n) is 5.90. The molecule has 0 spiro atoms. The summed E-state index contributed by atoms with van der Waals surface area (Å²) in [6.45, 7) is 3.92. The molecule has 110 valence electrons. The number of fused-ring (bicyclic) bond motifs is 1. The predicted octanol–water partition coefficient (Wildman–Crippen LogP) is 4.04. The maximum Gasteiger partial charge on any atom is 0.0665 e. The molecule has 1 aliphatic rings. The Morgan fingerprint density at radius 1 is 1.24 bits per heavy atom. The van der Waals surface area contributed by atoms with Gasteiger partial charge in [-0.15, -0.1) is 0 Å². The van der Waals surface area contributed by atoms with Crippen LogP contribution in [0, 0.1) is 5.92 Å². The molecule has 0 saturated heterocycles. The van der Waals surface area contributed by atoms with Gasteiger partial charge in [0.1, 0.15) is 0 Å². The summed E-state index contributed by atoms with van der Waals surface area (Å²) in [6, 6.07) is 16.9. The highest BCUT2D eigenvalue weighted by molar-refractivity contribution is 6.30. The van der Waals surface area contributed by atoms with Gasteiger partial charge in [0.15, 0.2) is 0 Å². The molecular formula is C18H21ClN2. The van der Waals surface area contributed by atoms with Crippen LogP contribution in [-0.2, 0) is 6.42 Å². The lowest BCUT2D eigenvalue weighted by Gasteiger charge is -2.40. The van der Waals surface area contributed by atoms with Gasteiger partial charge in [-0.3, -0.25) is 0 Å². The van der Waals surface area contributed by atoms with Crippen molar-refractivity contribution in [3.05, 3.63) is 64.7 Å². The molecule has 2 aromatic carbocycles. The number of anilines is 1. The van der Waals surface area contributed by atoms with E-state index in [-0.39, 0.29) is 6.04 Å². The van der Waals surface area contributed by atoms with Crippen LogP contribution in [0.4, 0.5) is 5.69 Å². The van der Waals surface area contributed by atoms with Crippen LogP contribution in [-0.4, -0.2) is 13.1 Å². The molecule has 0 radical (unpaired) electrons. The molecule has 0 saturated carbocycles. The van der Waals surface area contributed by atoms with Crippen LogP contribution in [0.5, 0.6) is 0 Å². The van der Waals surface area contributed by atoms with E-state index in [0.717, 1.165) is 18.0 Å². The maximum absolute atomic E-state index is 6.15. The van der Waals surface area contributed by atoms with Gasteiger partial charge >= 0.3 is 0 Å². The Morgan fingerprint density at radius 2 is 2.05 bits per heavy atom. The summed E-state index contributed by atoms with van der Waals surface area (Å²) in [4.78, 5) is 2.44. The monoisotopic (exact) mass is 300 g/mol. The van der Waals surface area contributed by atoms with Crippen molar-refractivity contribution in [1.82, 2.24) is 0 Å². The van der Waals surface area contributed by atoms with Crippen molar-refractivity contribution in [2.24, 2.45) is 11.7 Å². The molecule has 0 aromatic heterocycles. The van der Waals surface area contributed by atoms with Crippen molar-refractivity contribution < 1.29 is 0 Å². The van der Waals surface area contributed by atoms with Crippen LogP contribution < -0.4 is 10.6 Å². The highest BCUT2D eigenvalue weighted by atomic mass is 35.5. The van der Waals surface area contributed by atoms with Gasteiger partial charge in [-0.2, -0.15) is 0 Å². The fourth-order valence-corrected chi connectivity index (χ4v) is 3.49. The minimum atomic E-state index is 0.174. The van der Waals surface area contributed by atoms with Gasteiger partial charge in [0, 0.05) is 23.8 Å². The minimum absolute atomic E-state index is 0.174. The summed E-state index contributed by atoms with van der Waals surface area (Å²) < 4.78 is 0. The van der Waals surface area contributed by atoms with E-state index in [1.807, 2.05) is 18.2 Å². The third-order valence-corrected chi connectivity index (χ3v) is 4.45. The van der Waals surface area contributed by atoms with E-state index in [2.05, 4.69) is 42.2 Å². The summed E-state index contributed by atoms with van der Waals surface area (Å²) in [5.74, 6) is 0.633. The van der Waals surface area contributed by atoms with Gasteiger partial charge in [-0.25, -0.2) is 0 Å². The normalized spacial score (nSPS) is 19.2. The highest BCUT2D eigenvalue weighted by Gasteiger charge is 2.27. The molecule has 0 aliphatic carbocycles. The van der Waals surface area contributed by atoms with Crippen molar-refractivity contribution in [2.75, 3.05) is 18.0 Å². The average Bonchev–Trinajstić information content (AvgIpc) is 2.48. The Labute approximate surface area is 131 Å². The number of nitrogens with zero attached hydrogens (tertiary/aromatic N) is 1. The first-order chi connectivity index (χ1) is 10.2. The first-order valence-electron chi connectivity index (χ1n) is 7.49. The molecule has 0 bridgehead atoms. The number of rotatable bonds is 3. The third-order valence-electron chi connectivity index (χ3n) is 4.21. The number of para-hydroxylation sites is 1. The van der Waals surface area contributed by atoms with Crippen LogP contribution in [0.25, 0.3) is 0 Å². The summed E-state index contributed by atoms with van der Waals surface area (Å²) >= 11 is 6.15. The standard InChI is InChI=1S/C18H21ClN2/c1-13-9-14-5-2-3-8-17(14)21(12-13)18(11-20)15-6-4-7-16(19)10-15/h2-8,10,13,18H,9,11-12,20H2,1H3. The number of hydrogen-bond donors (Lipinski definition) is 1. The summed E-state index contributed by atoms with van der Waals surface area (Å²) in [6.07, 6.45) is 1.14. The van der Waals surface area contributed by atoms with E-state index in [4.69, 9.17) is 17.3 Å². The van der Waals surface area contributed by atoms with Gasteiger partial charge in [0.05, 0.1) is 6.04 Å². The van der Waals surface area contributed by atoms with E-state index in [1.165, 1.54) is 16.8 Å². The molecule has 3 heteroatoms. The number of nitrogens with two attached hydrogens (primary N) is 1. The van der Waals surface area contributed by atoms with Gasteiger partial charge in [-0.05, 0) is 41.7 Å². The van der Waals surface area contributed by atoms with Crippen molar-refractivity contribution in [3.8, 4) is 0 Å². The zero-order chi connectivity index (χ0) is 14.8. The lowest BCUT2D eigenvalue weighted by Crippen LogP contribution is -2.40. The van der Waals surface area contributed by atoms with Crippen LogP contribution in [0.2, 0.25) is 5.02 Å². The largest absolute Gasteiger partial charge is 0.363 e. The SMILES string of the molecule is CC1Cc2ccccc2N(C(CN)c2cccc(Cl)c2)C1. The first kappa shape index (κ1) is 14.4. The zero-order valence-corrected chi connectivity index (χ0v) is 13.1. The molecule has 2 N–H and O–H groups in total. The number of benzene rings is 2. The predicted molar refractivity (Wildman–Crippen MR) is 89.9 cm³/mol. The number of hydrogen-bond acceptors (Lipinski definition) is 2. The summed E-state index contributed by atoms with van der Waals surface area (Å²) in [7, 11) is 0. The van der Waals surface area contributed by atoms with Gasteiger partial charge in [0.2, 0.25) is 0 Å². The van der Waals surface area contributed by atoms with Crippen molar-refractivity contribution in [3.63, 3.8) is 0 Å². The van der Waals surface area contributed by atoms with E-state index in [9.17, 15) is 0 Å². The van der Waals surface area contributed by atoms with E-state index in [0.29, 0.717) is 12.5 Å². The molecule has 2 aromatic rings. The fraction of sp³-hybridized carbons (Fsp3) is 0.333. The first-order valence-corrected chi connectivity index (χ1v) is 7.87. The van der Waals surface area contributed by atoms with E-state index < -0.39 is 0 Å². The second-order valence-corrected chi connectivity index (χ2v) is 6.33. The molecular weight excluding hydrogens is 280 g/mol. The van der Waals surface area contributed by atoms with Gasteiger partial charge in [0.25, 0.3) is 0 Å². The Hall–Kier alpha value is -1.51. The minimum Gasteiger partial charge on any atom is -0.363 e. The van der Waals surface area contributed by atoms with Crippen molar-refractivity contribution in [2.45, 2.75) is 19.4 Å². The van der Waals surface area contributed by atoms with Crippen molar-refractivity contribution in [1.29, 1.82) is 0 Å². The van der Waals surface area contributed by atoms with Crippen molar-refractivity contribution >= 4 is 17.3 Å². The Balaban J connectivity index is 2.01. The molecule has 2 unspecified atom stereocenters. The van der Waals surface area contributed by atoms with Crippen LogP contribution in [0.1, 0.15) is 24.1 Å². The average molecular weight is 301 g/mol. The smallest absolute Gasteiger partial charge is 0.0665 e. The summed E-state index contributed by atoms with van der Waals surface area (Å²) in [5, 5.41) is 0.768. The van der Waals surface area contributed by atoms with Crippen LogP contribution in [0.15, 0.2) is 48.5 Å². The molecule has 21 heavy (non-hydrogen) atoms. The molecule has 0 amide bonds. The molecule has 3 rings (SSSR count). The van der Waals surface area contributed by atoms with Crippen LogP contribution in [0.3, 0.4) is 0 Å². The Kier molecular flexibility index (Phi) is 4.18. The highest BCUT2D eigenvalue weighted by Crippen LogP contribution is 2.35. The Morgan fingerprint density at radius 3 is 2.81 bits per heavy atom. The second kappa shape index (κ2) is 6.08. The molecule has 2 atom stereocenters. The van der Waals surface area contributed by atoms with E-state index >= 15 is 0 Å². The van der Waals surface area contributed by atoms with Crippen LogP contribution >= 0.6 is 11.6 Å². The maximum atomic E-state index is 6.15. The van der Waals surface area contributed by atoms with Gasteiger partial charge < -0.3 is 10.6 Å². The molecule has 1 aliphatic heterocycles. The fourth-order valence-electron chi connectivity index (χ4n) is 3.29. The number of halogens is 1. The molecule has 0 fully saturated rings. The van der Waals surface area contributed by atoms with Gasteiger partial charge in [-0.1, -0.05) is 48.9 Å². The van der Waals surface area contributed by atoms with E-state index in [1.54, 1.807) is 0 Å². The molecule has 1 heterocycles. The topological polar surface area (TPSA) is 29.3 Å². The zero-order valence-electron chi connectivity index (χ0n) is 12.3. The lowest BCUT2D eigenvalue weighted by molar-refractivity contribution is 0.490. The quantitative estimate of drug-likeness (QED) is 0.927.